The lowest BCUT2D eigenvalue weighted by molar-refractivity contribution is 0.569. The van der Waals surface area contributed by atoms with E-state index in [1.807, 2.05) is 11.3 Å². The van der Waals surface area contributed by atoms with Gasteiger partial charge in [0.15, 0.2) is 0 Å². The van der Waals surface area contributed by atoms with Crippen molar-refractivity contribution < 1.29 is 4.57 Å². The minimum absolute atomic E-state index is 0.0421. The van der Waals surface area contributed by atoms with E-state index in [4.69, 9.17) is 0 Å². The first-order valence-electron chi connectivity index (χ1n) is 19.8. The minimum atomic E-state index is -2.77. The molecule has 6 aromatic rings. The average molecular weight is 750 g/mol. The molecule has 0 aliphatic rings. The molecule has 0 aliphatic heterocycles. The first-order chi connectivity index (χ1) is 25.8. The minimum Gasteiger partial charge on any atom is -0.318 e. The molecule has 5 heteroatoms. The molecule has 2 nitrogen and oxygen atoms in total. The van der Waals surface area contributed by atoms with E-state index < -0.39 is 7.14 Å². The fourth-order valence-electron chi connectivity index (χ4n) is 8.04. The maximum absolute atomic E-state index is 15.3. The van der Waals surface area contributed by atoms with Gasteiger partial charge in [-0.3, -0.25) is 0 Å². The Bertz CT molecular complexity index is 2120. The van der Waals surface area contributed by atoms with Gasteiger partial charge in [-0.2, -0.15) is 0 Å². The van der Waals surface area contributed by atoms with Crippen LogP contribution < -0.4 is 25.9 Å². The van der Waals surface area contributed by atoms with Crippen molar-refractivity contribution in [2.75, 3.05) is 4.90 Å². The fourth-order valence-corrected chi connectivity index (χ4v) is 12.4. The second-order valence-electron chi connectivity index (χ2n) is 16.2. The molecule has 0 radical (unpaired) electrons. The lowest BCUT2D eigenvalue weighted by Gasteiger charge is -2.32. The number of nitrogens with zero attached hydrogens (tertiary/aromatic N) is 1. The Kier molecular flexibility index (Phi) is 12.3. The number of hydrogen-bond donors (Lipinski definition) is 0. The SMILES string of the molecule is CC(C)c1cc(C(C)C)c(B(c2ccc(-c3ccc(N(c4ccccc4)c4ccccc4)cc3)s2)c2ccccc2P(=O)(C(C)C)C(C)C)c(C(C)C)c1. The van der Waals surface area contributed by atoms with Crippen LogP contribution in [-0.4, -0.2) is 18.0 Å². The number of para-hydroxylation sites is 2. The highest BCUT2D eigenvalue weighted by Gasteiger charge is 2.39. The van der Waals surface area contributed by atoms with Gasteiger partial charge in [-0.1, -0.05) is 171 Å². The van der Waals surface area contributed by atoms with Crippen molar-refractivity contribution in [3.63, 3.8) is 0 Å². The predicted molar refractivity (Wildman–Crippen MR) is 242 cm³/mol. The molecule has 0 atom stereocenters. The van der Waals surface area contributed by atoms with Crippen molar-refractivity contribution in [1.29, 1.82) is 0 Å². The molecule has 0 unspecified atom stereocenters. The summed E-state index contributed by atoms with van der Waals surface area (Å²) in [7, 11) is -2.77. The van der Waals surface area contributed by atoms with Gasteiger partial charge in [-0.15, -0.1) is 11.3 Å². The molecule has 54 heavy (non-hydrogen) atoms. The third-order valence-corrected chi connectivity index (χ3v) is 16.4. The van der Waals surface area contributed by atoms with Crippen molar-refractivity contribution in [1.82, 2.24) is 0 Å². The van der Waals surface area contributed by atoms with Gasteiger partial charge in [-0.25, -0.2) is 0 Å². The van der Waals surface area contributed by atoms with Crippen molar-refractivity contribution in [3.8, 4) is 10.4 Å². The molecule has 1 heterocycles. The summed E-state index contributed by atoms with van der Waals surface area (Å²) in [5.41, 5.74) is 11.4. The van der Waals surface area contributed by atoms with E-state index >= 15 is 4.57 Å². The summed E-state index contributed by atoms with van der Waals surface area (Å²) in [6.07, 6.45) is 0. The van der Waals surface area contributed by atoms with Gasteiger partial charge < -0.3 is 9.46 Å². The molecule has 0 bridgehead atoms. The van der Waals surface area contributed by atoms with Gasteiger partial charge in [0.1, 0.15) is 7.14 Å². The topological polar surface area (TPSA) is 20.3 Å². The summed E-state index contributed by atoms with van der Waals surface area (Å²) >= 11 is 1.87. The molecule has 0 saturated heterocycles. The Balaban J connectivity index is 1.54. The third-order valence-electron chi connectivity index (χ3n) is 11.0. The average Bonchev–Trinajstić information content (AvgIpc) is 3.65. The molecule has 0 N–H and O–H groups in total. The fraction of sp³-hybridized carbons (Fsp3) is 0.306. The Morgan fingerprint density at radius 3 is 1.50 bits per heavy atom. The van der Waals surface area contributed by atoms with Gasteiger partial charge in [0.2, 0.25) is 0 Å². The monoisotopic (exact) mass is 749 g/mol. The molecule has 0 fully saturated rings. The van der Waals surface area contributed by atoms with Crippen LogP contribution in [0.15, 0.2) is 133 Å². The summed E-state index contributed by atoms with van der Waals surface area (Å²) in [4.78, 5) is 3.54. The van der Waals surface area contributed by atoms with E-state index in [0.717, 1.165) is 22.4 Å². The first kappa shape index (κ1) is 39.6. The van der Waals surface area contributed by atoms with E-state index in [9.17, 15) is 0 Å². The van der Waals surface area contributed by atoms with Crippen LogP contribution in [0.5, 0.6) is 0 Å². The van der Waals surface area contributed by atoms with Gasteiger partial charge in [-0.05, 0) is 87.2 Å². The summed E-state index contributed by atoms with van der Waals surface area (Å²) in [5, 5.41) is 1.04. The zero-order chi connectivity index (χ0) is 38.7. The van der Waals surface area contributed by atoms with Crippen LogP contribution in [0.25, 0.3) is 10.4 Å². The third kappa shape index (κ3) is 7.84. The quantitative estimate of drug-likeness (QED) is 0.0866. The Hall–Kier alpha value is -4.11. The summed E-state index contributed by atoms with van der Waals surface area (Å²) < 4.78 is 16.6. The predicted octanol–water partition coefficient (Wildman–Crippen LogP) is 12.6. The highest BCUT2D eigenvalue weighted by atomic mass is 32.1. The van der Waals surface area contributed by atoms with Crippen LogP contribution in [-0.2, 0) is 4.57 Å². The van der Waals surface area contributed by atoms with Crippen molar-refractivity contribution in [2.24, 2.45) is 0 Å². The van der Waals surface area contributed by atoms with Crippen LogP contribution >= 0.6 is 18.5 Å². The van der Waals surface area contributed by atoms with Crippen molar-refractivity contribution in [3.05, 3.63) is 150 Å². The molecule has 1 aromatic heterocycles. The molecule has 0 amide bonds. The van der Waals surface area contributed by atoms with Gasteiger partial charge >= 0.3 is 0 Å². The maximum Gasteiger partial charge on any atom is 0.255 e. The summed E-state index contributed by atoms with van der Waals surface area (Å²) in [5.74, 6) is 1.09. The van der Waals surface area contributed by atoms with Crippen molar-refractivity contribution in [2.45, 2.75) is 98.3 Å². The molecule has 6 rings (SSSR count). The number of benzene rings is 5. The van der Waals surface area contributed by atoms with E-state index in [1.54, 1.807) is 0 Å². The lowest BCUT2D eigenvalue weighted by Crippen LogP contribution is -2.58. The van der Waals surface area contributed by atoms with Gasteiger partial charge in [0.25, 0.3) is 6.71 Å². The number of thiophene rings is 1. The highest BCUT2D eigenvalue weighted by molar-refractivity contribution is 7.73. The highest BCUT2D eigenvalue weighted by Crippen LogP contribution is 2.53. The van der Waals surface area contributed by atoms with Gasteiger partial charge in [0.05, 0.1) is 0 Å². The number of hydrogen-bond acceptors (Lipinski definition) is 3. The maximum atomic E-state index is 15.3. The molecule has 278 valence electrons. The van der Waals surface area contributed by atoms with E-state index in [1.165, 1.54) is 42.8 Å². The van der Waals surface area contributed by atoms with Gasteiger partial charge in [0, 0.05) is 38.6 Å². The zero-order valence-electron chi connectivity index (χ0n) is 33.9. The normalized spacial score (nSPS) is 12.1. The molecule has 5 aromatic carbocycles. The van der Waals surface area contributed by atoms with E-state index in [2.05, 4.69) is 208 Å². The molecule has 0 saturated carbocycles. The number of rotatable bonds is 13. The van der Waals surface area contributed by atoms with Crippen LogP contribution in [0.4, 0.5) is 17.1 Å². The Labute approximate surface area is 330 Å². The van der Waals surface area contributed by atoms with E-state index in [0.29, 0.717) is 17.8 Å². The zero-order valence-corrected chi connectivity index (χ0v) is 35.6. The second kappa shape index (κ2) is 16.7. The standard InChI is InChI=1S/C49H57BNOPS/c1-33(2)39-31-43(34(3)4)49(44(32-39)35(5)6)50(45-23-17-18-24-46(45)53(52,36(7)8)37(9)10)48-30-29-47(54-48)38-25-27-42(28-26-38)51(40-19-13-11-14-20-40)41-21-15-12-16-22-41/h11-37H,1-10H3. The van der Waals surface area contributed by atoms with Crippen LogP contribution in [0.1, 0.15) is 104 Å². The molecular formula is C49H57BNOPS. The Morgan fingerprint density at radius 1 is 0.537 bits per heavy atom. The second-order valence-corrected chi connectivity index (χ2v) is 21.3. The molecular weight excluding hydrogens is 692 g/mol. The first-order valence-corrected chi connectivity index (χ1v) is 22.5. The lowest BCUT2D eigenvalue weighted by atomic mass is 9.37. The number of anilines is 3. The summed E-state index contributed by atoms with van der Waals surface area (Å²) in [6.45, 7) is 22.5. The largest absolute Gasteiger partial charge is 0.318 e. The van der Waals surface area contributed by atoms with Crippen LogP contribution in [0.2, 0.25) is 0 Å². The van der Waals surface area contributed by atoms with Crippen molar-refractivity contribution >= 4 is 63.3 Å². The summed E-state index contributed by atoms with van der Waals surface area (Å²) in [6, 6.07) is 48.4. The molecule has 0 spiro atoms. The van der Waals surface area contributed by atoms with E-state index in [-0.39, 0.29) is 18.0 Å². The molecule has 0 aliphatic carbocycles. The van der Waals surface area contributed by atoms with Crippen LogP contribution in [0.3, 0.4) is 0 Å². The van der Waals surface area contributed by atoms with Crippen LogP contribution in [0, 0.1) is 0 Å². The Morgan fingerprint density at radius 2 is 1.02 bits per heavy atom. The smallest absolute Gasteiger partial charge is 0.255 e.